The molecule has 1 aromatic heterocycles. The maximum Gasteiger partial charge on any atom is 0.325 e. The molecule has 1 rings (SSSR count). The molecule has 0 spiro atoms. The first kappa shape index (κ1) is 7.88. The van der Waals surface area contributed by atoms with Crippen molar-refractivity contribution in [1.82, 2.24) is 4.34 Å². The van der Waals surface area contributed by atoms with Crippen molar-refractivity contribution in [2.45, 2.75) is 0 Å². The van der Waals surface area contributed by atoms with Crippen molar-refractivity contribution < 1.29 is 9.72 Å². The van der Waals surface area contributed by atoms with Crippen LogP contribution in [-0.2, 0) is 0 Å². The summed E-state index contributed by atoms with van der Waals surface area (Å²) in [7, 11) is 2.09. The van der Waals surface area contributed by atoms with Gasteiger partial charge in [-0.2, -0.15) is 0 Å². The molecule has 1 heterocycles. The lowest BCUT2D eigenvalue weighted by atomic mass is 10.5. The molecule has 0 fully saturated rings. The summed E-state index contributed by atoms with van der Waals surface area (Å²) in [6.45, 7) is 0. The van der Waals surface area contributed by atoms with E-state index in [1.54, 1.807) is 0 Å². The highest BCUT2D eigenvalue weighted by atomic mass is 31.0. The monoisotopic (exact) mass is 172 g/mol. The Kier molecular flexibility index (Phi) is 2.01. The van der Waals surface area contributed by atoms with Crippen molar-refractivity contribution in [1.29, 1.82) is 0 Å². The van der Waals surface area contributed by atoms with Gasteiger partial charge in [-0.05, 0) is 11.0 Å². The van der Waals surface area contributed by atoms with Gasteiger partial charge in [0.2, 0.25) is 0 Å². The first-order chi connectivity index (χ1) is 5.16. The number of aromatic nitrogens is 1. The summed E-state index contributed by atoms with van der Waals surface area (Å²) < 4.78 is 1.15. The molecule has 1 aromatic rings. The molecule has 0 aliphatic heterocycles. The molecule has 1 unspecified atom stereocenters. The highest BCUT2D eigenvalue weighted by Gasteiger charge is 2.12. The zero-order chi connectivity index (χ0) is 8.43. The van der Waals surface area contributed by atoms with E-state index in [0.29, 0.717) is 6.29 Å². The SMILES string of the molecule is O=Cc1ccc([N+](=O)[O-])n1P. The molecule has 0 aliphatic rings. The van der Waals surface area contributed by atoms with Crippen molar-refractivity contribution in [2.24, 2.45) is 0 Å². The van der Waals surface area contributed by atoms with E-state index in [2.05, 4.69) is 9.39 Å². The molecule has 5 nitrogen and oxygen atoms in total. The Labute approximate surface area is 64.4 Å². The predicted octanol–water partition coefficient (Wildman–Crippen LogP) is 0.847. The van der Waals surface area contributed by atoms with Crippen molar-refractivity contribution in [2.75, 3.05) is 0 Å². The fraction of sp³-hybridized carbons (Fsp3) is 0. The quantitative estimate of drug-likeness (QED) is 0.287. The normalized spacial score (nSPS) is 9.55. The molecular formula is C5H5N2O3P. The number of rotatable bonds is 2. The van der Waals surface area contributed by atoms with Gasteiger partial charge in [0.15, 0.2) is 12.0 Å². The summed E-state index contributed by atoms with van der Waals surface area (Å²) >= 11 is 0. The molecule has 0 aliphatic carbocycles. The maximum absolute atomic E-state index is 10.2. The number of hydrogen-bond acceptors (Lipinski definition) is 3. The highest BCUT2D eigenvalue weighted by molar-refractivity contribution is 7.14. The summed E-state index contributed by atoms with van der Waals surface area (Å²) in [5, 5.41) is 10.2. The van der Waals surface area contributed by atoms with Gasteiger partial charge in [0, 0.05) is 6.07 Å². The molecule has 11 heavy (non-hydrogen) atoms. The Balaban J connectivity index is 3.20. The van der Waals surface area contributed by atoms with Crippen LogP contribution in [0.5, 0.6) is 0 Å². The van der Waals surface area contributed by atoms with Crippen LogP contribution in [-0.4, -0.2) is 15.5 Å². The molecular weight excluding hydrogens is 167 g/mol. The minimum atomic E-state index is -0.556. The zero-order valence-corrected chi connectivity index (χ0v) is 6.58. The second-order valence-corrected chi connectivity index (χ2v) is 2.38. The summed E-state index contributed by atoms with van der Waals surface area (Å²) in [5.74, 6) is -0.114. The Hall–Kier alpha value is -1.22. The van der Waals surface area contributed by atoms with Crippen LogP contribution in [0, 0.1) is 10.1 Å². The van der Waals surface area contributed by atoms with E-state index in [4.69, 9.17) is 0 Å². The van der Waals surface area contributed by atoms with Gasteiger partial charge < -0.3 is 10.1 Å². The van der Waals surface area contributed by atoms with Gasteiger partial charge in [-0.3, -0.25) is 4.79 Å². The van der Waals surface area contributed by atoms with E-state index in [9.17, 15) is 14.9 Å². The number of carbonyl (C=O) groups excluding carboxylic acids is 1. The molecule has 0 radical (unpaired) electrons. The summed E-state index contributed by atoms with van der Waals surface area (Å²) in [5.41, 5.74) is 0.265. The Morgan fingerprint density at radius 1 is 1.64 bits per heavy atom. The van der Waals surface area contributed by atoms with Crippen LogP contribution in [0.2, 0.25) is 0 Å². The van der Waals surface area contributed by atoms with Crippen LogP contribution in [0.4, 0.5) is 5.82 Å². The van der Waals surface area contributed by atoms with Gasteiger partial charge in [-0.1, -0.05) is 0 Å². The molecule has 0 saturated carbocycles. The van der Waals surface area contributed by atoms with E-state index >= 15 is 0 Å². The first-order valence-corrected chi connectivity index (χ1v) is 3.25. The fourth-order valence-corrected chi connectivity index (χ4v) is 1.02. The van der Waals surface area contributed by atoms with Gasteiger partial charge in [0.1, 0.15) is 0 Å². The van der Waals surface area contributed by atoms with Crippen LogP contribution < -0.4 is 0 Å². The Bertz CT molecular complexity index is 307. The molecule has 1 atom stereocenters. The van der Waals surface area contributed by atoms with Gasteiger partial charge in [-0.25, -0.2) is 4.34 Å². The average Bonchev–Trinajstić information content (AvgIpc) is 2.30. The van der Waals surface area contributed by atoms with Gasteiger partial charge in [-0.15, -0.1) is 0 Å². The van der Waals surface area contributed by atoms with Crippen molar-refractivity contribution >= 4 is 21.5 Å². The number of nitro groups is 1. The van der Waals surface area contributed by atoms with E-state index in [1.807, 2.05) is 0 Å². The zero-order valence-electron chi connectivity index (χ0n) is 5.43. The van der Waals surface area contributed by atoms with E-state index in [0.717, 1.165) is 4.34 Å². The van der Waals surface area contributed by atoms with E-state index < -0.39 is 4.92 Å². The molecule has 58 valence electrons. The molecule has 0 bridgehead atoms. The predicted molar refractivity (Wildman–Crippen MR) is 41.6 cm³/mol. The van der Waals surface area contributed by atoms with Crippen LogP contribution in [0.1, 0.15) is 10.5 Å². The second-order valence-electron chi connectivity index (χ2n) is 1.86. The van der Waals surface area contributed by atoms with E-state index in [1.165, 1.54) is 12.1 Å². The highest BCUT2D eigenvalue weighted by Crippen LogP contribution is 2.18. The largest absolute Gasteiger partial charge is 0.358 e. The molecule has 6 heteroatoms. The van der Waals surface area contributed by atoms with E-state index in [-0.39, 0.29) is 11.5 Å². The number of aldehydes is 1. The first-order valence-electron chi connectivity index (χ1n) is 2.73. The minimum Gasteiger partial charge on any atom is -0.358 e. The third-order valence-corrected chi connectivity index (χ3v) is 1.80. The smallest absolute Gasteiger partial charge is 0.325 e. The third kappa shape index (κ3) is 1.28. The summed E-state index contributed by atoms with van der Waals surface area (Å²) in [6.07, 6.45) is 0.556. The van der Waals surface area contributed by atoms with Crippen LogP contribution in [0.25, 0.3) is 0 Å². The summed E-state index contributed by atoms with van der Waals surface area (Å²) in [4.78, 5) is 19.9. The maximum atomic E-state index is 10.2. The Morgan fingerprint density at radius 3 is 2.55 bits per heavy atom. The standard InChI is InChI=1S/C5H5N2O3P/c8-3-4-1-2-5(6(4)11)7(9)10/h1-3H,11H2. The number of hydrogen-bond donors (Lipinski definition) is 0. The van der Waals surface area contributed by atoms with Crippen LogP contribution >= 0.6 is 9.39 Å². The second kappa shape index (κ2) is 2.80. The van der Waals surface area contributed by atoms with Crippen LogP contribution in [0.15, 0.2) is 12.1 Å². The van der Waals surface area contributed by atoms with Crippen molar-refractivity contribution in [3.8, 4) is 0 Å². The van der Waals surface area contributed by atoms with Crippen molar-refractivity contribution in [3.05, 3.63) is 27.9 Å². The molecule has 0 amide bonds. The molecule has 0 N–H and O–H groups in total. The van der Waals surface area contributed by atoms with Gasteiger partial charge >= 0.3 is 5.82 Å². The van der Waals surface area contributed by atoms with Gasteiger partial charge in [0.25, 0.3) is 0 Å². The lowest BCUT2D eigenvalue weighted by molar-refractivity contribution is -0.390. The Morgan fingerprint density at radius 2 is 2.27 bits per heavy atom. The minimum absolute atomic E-state index is 0.114. The lowest BCUT2D eigenvalue weighted by Gasteiger charge is -1.93. The molecule has 0 aromatic carbocycles. The molecule has 0 saturated heterocycles. The fourth-order valence-electron chi connectivity index (χ4n) is 0.698. The van der Waals surface area contributed by atoms with Crippen LogP contribution in [0.3, 0.4) is 0 Å². The summed E-state index contributed by atoms with van der Waals surface area (Å²) in [6, 6.07) is 2.66. The lowest BCUT2D eigenvalue weighted by Crippen LogP contribution is -1.94. The topological polar surface area (TPSA) is 65.1 Å². The third-order valence-electron chi connectivity index (χ3n) is 1.24. The van der Waals surface area contributed by atoms with Gasteiger partial charge in [0.05, 0.1) is 9.39 Å². The van der Waals surface area contributed by atoms with Crippen molar-refractivity contribution in [3.63, 3.8) is 0 Å². The average molecular weight is 172 g/mol. The number of nitrogens with zero attached hydrogens (tertiary/aromatic N) is 2. The number of carbonyl (C=O) groups is 1.